The molecule has 0 saturated heterocycles. The van der Waals surface area contributed by atoms with Crippen LogP contribution in [0.25, 0.3) is 0 Å². The number of hydrogen-bond donors (Lipinski definition) is 3. The van der Waals surface area contributed by atoms with Gasteiger partial charge < -0.3 is 16.6 Å². The number of hydrogen-bond acceptors (Lipinski definition) is 6. The molecule has 2 aromatic rings. The van der Waals surface area contributed by atoms with Gasteiger partial charge in [-0.2, -0.15) is 0 Å². The molecule has 0 spiro atoms. The van der Waals surface area contributed by atoms with Crippen LogP contribution in [0.2, 0.25) is 0 Å². The molecule has 0 bridgehead atoms. The molecule has 5 N–H and O–H groups in total. The van der Waals surface area contributed by atoms with Gasteiger partial charge in [0.2, 0.25) is 0 Å². The highest BCUT2D eigenvalue weighted by Gasteiger charge is 2.10. The molecule has 0 aliphatic heterocycles. The van der Waals surface area contributed by atoms with Gasteiger partial charge in [-0.15, -0.1) is 0 Å². The summed E-state index contributed by atoms with van der Waals surface area (Å²) in [4.78, 5) is 9.08. The molecule has 0 unspecified atom stereocenters. The summed E-state index contributed by atoms with van der Waals surface area (Å²) in [6.07, 6.45) is -0.549. The van der Waals surface area contributed by atoms with Crippen LogP contribution in [0.4, 0.5) is 11.6 Å². The lowest BCUT2D eigenvalue weighted by atomic mass is 10.1. The number of nitrogens with zero attached hydrogens (tertiary/aromatic N) is 2. The largest absolute Gasteiger partial charge is 0.389 e. The number of aliphatic hydroxyl groups excluding tert-OH is 1. The molecule has 1 heterocycles. The zero-order valence-corrected chi connectivity index (χ0v) is 10.7. The van der Waals surface area contributed by atoms with Gasteiger partial charge in [-0.3, -0.25) is 0 Å². The minimum absolute atomic E-state index is 0.333. The lowest BCUT2D eigenvalue weighted by molar-refractivity contribution is 0.196. The Balaban J connectivity index is 2.34. The predicted octanol–water partition coefficient (Wildman–Crippen LogP) is 1.85. The van der Waals surface area contributed by atoms with E-state index in [0.29, 0.717) is 16.8 Å². The quantitative estimate of drug-likeness (QED) is 0.730. The lowest BCUT2D eigenvalue weighted by Crippen LogP contribution is -2.00. The van der Waals surface area contributed by atoms with Gasteiger partial charge in [-0.25, -0.2) is 9.97 Å². The van der Waals surface area contributed by atoms with Crippen molar-refractivity contribution in [3.8, 4) is 0 Å². The van der Waals surface area contributed by atoms with Crippen LogP contribution < -0.4 is 11.5 Å². The van der Waals surface area contributed by atoms with Crippen LogP contribution in [0.15, 0.2) is 40.4 Å². The first-order valence-electron chi connectivity index (χ1n) is 5.41. The fourth-order valence-corrected chi connectivity index (χ4v) is 2.53. The average Bonchev–Trinajstić information content (AvgIpc) is 2.27. The van der Waals surface area contributed by atoms with E-state index in [1.54, 1.807) is 6.92 Å². The Bertz CT molecular complexity index is 539. The van der Waals surface area contributed by atoms with E-state index in [1.165, 1.54) is 17.8 Å². The molecular weight excluding hydrogens is 248 g/mol. The third-order valence-corrected chi connectivity index (χ3v) is 3.27. The van der Waals surface area contributed by atoms with Crippen LogP contribution in [0.5, 0.6) is 0 Å². The van der Waals surface area contributed by atoms with E-state index in [0.717, 1.165) is 10.5 Å². The molecule has 0 fully saturated rings. The first-order valence-corrected chi connectivity index (χ1v) is 6.23. The summed E-state index contributed by atoms with van der Waals surface area (Å²) in [5, 5.41) is 10.2. The molecule has 1 aromatic heterocycles. The number of nitrogen functional groups attached to an aromatic ring is 2. The van der Waals surface area contributed by atoms with Crippen LogP contribution in [0.3, 0.4) is 0 Å². The van der Waals surface area contributed by atoms with Crippen molar-refractivity contribution in [3.63, 3.8) is 0 Å². The molecule has 94 valence electrons. The molecule has 2 rings (SSSR count). The molecule has 6 heteroatoms. The number of anilines is 2. The van der Waals surface area contributed by atoms with Gasteiger partial charge in [0.1, 0.15) is 11.6 Å². The maximum atomic E-state index is 9.69. The third kappa shape index (κ3) is 2.91. The Labute approximate surface area is 109 Å². The van der Waals surface area contributed by atoms with E-state index in [2.05, 4.69) is 9.97 Å². The number of benzene rings is 1. The van der Waals surface area contributed by atoms with Crippen molar-refractivity contribution in [2.24, 2.45) is 0 Å². The van der Waals surface area contributed by atoms with E-state index in [1.807, 2.05) is 24.3 Å². The summed E-state index contributed by atoms with van der Waals surface area (Å²) in [6.45, 7) is 1.72. The highest BCUT2D eigenvalue weighted by Crippen LogP contribution is 2.31. The molecule has 18 heavy (non-hydrogen) atoms. The minimum Gasteiger partial charge on any atom is -0.389 e. The number of aromatic nitrogens is 2. The van der Waals surface area contributed by atoms with E-state index >= 15 is 0 Å². The summed E-state index contributed by atoms with van der Waals surface area (Å²) in [6, 6.07) is 9.04. The Morgan fingerprint density at radius 2 is 1.78 bits per heavy atom. The third-order valence-electron chi connectivity index (χ3n) is 2.32. The maximum Gasteiger partial charge on any atom is 0.196 e. The standard InChI is InChI=1S/C12H14N4OS/c1-7(17)8-4-2-3-5-9(8)18-12-15-10(13)6-11(14)16-12/h2-7,17H,1H3,(H4,13,14,15,16)/t7-/m1/s1. The van der Waals surface area contributed by atoms with E-state index in [9.17, 15) is 5.11 Å². The fourth-order valence-electron chi connectivity index (χ4n) is 1.52. The Morgan fingerprint density at radius 3 is 2.39 bits per heavy atom. The first-order chi connectivity index (χ1) is 8.56. The van der Waals surface area contributed by atoms with Crippen molar-refractivity contribution in [2.45, 2.75) is 23.1 Å². The summed E-state index contributed by atoms with van der Waals surface area (Å²) in [7, 11) is 0. The highest BCUT2D eigenvalue weighted by molar-refractivity contribution is 7.99. The second-order valence-corrected chi connectivity index (χ2v) is 4.83. The molecular formula is C12H14N4OS. The van der Waals surface area contributed by atoms with Gasteiger partial charge in [0.05, 0.1) is 6.10 Å². The van der Waals surface area contributed by atoms with E-state index in [4.69, 9.17) is 11.5 Å². The summed E-state index contributed by atoms with van der Waals surface area (Å²) < 4.78 is 0. The van der Waals surface area contributed by atoms with Gasteiger partial charge in [0, 0.05) is 11.0 Å². The van der Waals surface area contributed by atoms with Gasteiger partial charge in [0.25, 0.3) is 0 Å². The topological polar surface area (TPSA) is 98.0 Å². The zero-order chi connectivity index (χ0) is 13.1. The molecule has 1 atom stereocenters. The van der Waals surface area contributed by atoms with Crippen molar-refractivity contribution in [3.05, 3.63) is 35.9 Å². The van der Waals surface area contributed by atoms with Gasteiger partial charge in [-0.1, -0.05) is 18.2 Å². The van der Waals surface area contributed by atoms with E-state index in [-0.39, 0.29) is 0 Å². The summed E-state index contributed by atoms with van der Waals surface area (Å²) in [5.74, 6) is 0.666. The van der Waals surface area contributed by atoms with Gasteiger partial charge in [-0.05, 0) is 30.3 Å². The molecule has 0 amide bonds. The van der Waals surface area contributed by atoms with Crippen molar-refractivity contribution in [2.75, 3.05) is 11.5 Å². The molecule has 1 aromatic carbocycles. The number of aliphatic hydroxyl groups is 1. The van der Waals surface area contributed by atoms with Crippen molar-refractivity contribution in [1.82, 2.24) is 9.97 Å². The average molecular weight is 262 g/mol. The Kier molecular flexibility index (Phi) is 3.69. The molecule has 0 radical (unpaired) electrons. The zero-order valence-electron chi connectivity index (χ0n) is 9.87. The SMILES string of the molecule is C[C@@H](O)c1ccccc1Sc1nc(N)cc(N)n1. The monoisotopic (exact) mass is 262 g/mol. The Hall–Kier alpha value is -1.79. The first kappa shape index (κ1) is 12.7. The molecule has 0 aliphatic carbocycles. The normalized spacial score (nSPS) is 12.3. The van der Waals surface area contributed by atoms with Crippen LogP contribution in [0, 0.1) is 0 Å². The smallest absolute Gasteiger partial charge is 0.196 e. The fraction of sp³-hybridized carbons (Fsp3) is 0.167. The highest BCUT2D eigenvalue weighted by atomic mass is 32.2. The lowest BCUT2D eigenvalue weighted by Gasteiger charge is -2.10. The Morgan fingerprint density at radius 1 is 1.17 bits per heavy atom. The molecule has 0 saturated carbocycles. The van der Waals surface area contributed by atoms with Crippen molar-refractivity contribution < 1.29 is 5.11 Å². The number of nitrogens with two attached hydrogens (primary N) is 2. The summed E-state index contributed by atoms with van der Waals surface area (Å²) >= 11 is 1.33. The minimum atomic E-state index is -0.549. The predicted molar refractivity (Wildman–Crippen MR) is 72.1 cm³/mol. The van der Waals surface area contributed by atoms with Crippen molar-refractivity contribution in [1.29, 1.82) is 0 Å². The van der Waals surface area contributed by atoms with Gasteiger partial charge >= 0.3 is 0 Å². The van der Waals surface area contributed by atoms with Crippen LogP contribution >= 0.6 is 11.8 Å². The number of rotatable bonds is 3. The second kappa shape index (κ2) is 5.24. The van der Waals surface area contributed by atoms with E-state index < -0.39 is 6.10 Å². The van der Waals surface area contributed by atoms with Crippen molar-refractivity contribution >= 4 is 23.4 Å². The van der Waals surface area contributed by atoms with Gasteiger partial charge in [0.15, 0.2) is 5.16 Å². The van der Waals surface area contributed by atoms with Crippen LogP contribution in [-0.2, 0) is 0 Å². The summed E-state index contributed by atoms with van der Waals surface area (Å²) in [5.41, 5.74) is 12.1. The second-order valence-electron chi connectivity index (χ2n) is 3.82. The van der Waals surface area contributed by atoms with Crippen LogP contribution in [-0.4, -0.2) is 15.1 Å². The molecule has 0 aliphatic rings. The maximum absolute atomic E-state index is 9.69. The van der Waals surface area contributed by atoms with Crippen LogP contribution in [0.1, 0.15) is 18.6 Å². The molecule has 5 nitrogen and oxygen atoms in total.